The lowest BCUT2D eigenvalue weighted by Crippen LogP contribution is -2.63. The number of likely N-dealkylation sites (tertiary alicyclic amines) is 1. The smallest absolute Gasteiger partial charge is 0.320 e. The number of hydrogen-bond acceptors (Lipinski definition) is 11. The van der Waals surface area contributed by atoms with Gasteiger partial charge < -0.3 is 35.3 Å². The number of hydrogen-bond donors (Lipinski definition) is 3. The molecule has 5 aliphatic rings. The van der Waals surface area contributed by atoms with Crippen LogP contribution in [-0.2, 0) is 25.7 Å². The molecule has 9 atom stereocenters. The van der Waals surface area contributed by atoms with Gasteiger partial charge in [-0.1, -0.05) is 33.8 Å². The maximum atomic E-state index is 13.7. The van der Waals surface area contributed by atoms with E-state index in [9.17, 15) is 19.5 Å². The van der Waals surface area contributed by atoms with Crippen molar-refractivity contribution in [1.82, 2.24) is 29.7 Å². The fraction of sp³-hybridized carbons (Fsp3) is 0.744. The zero-order chi connectivity index (χ0) is 37.0. The average molecular weight is 755 g/mol. The van der Waals surface area contributed by atoms with Crippen LogP contribution in [0.15, 0.2) is 25.3 Å². The summed E-state index contributed by atoms with van der Waals surface area (Å²) >= 11 is 0. The second-order valence-corrected chi connectivity index (χ2v) is 17.2. The van der Waals surface area contributed by atoms with Gasteiger partial charge in [0.1, 0.15) is 18.2 Å². The largest absolute Gasteiger partial charge is 0.461 e. The Balaban J connectivity index is 0.00000481. The van der Waals surface area contributed by atoms with E-state index in [1.807, 2.05) is 22.5 Å². The van der Waals surface area contributed by atoms with Crippen molar-refractivity contribution >= 4 is 47.0 Å². The molecule has 0 radical (unpaired) electrons. The zero-order valence-corrected chi connectivity index (χ0v) is 32.7. The Bertz CT molecular complexity index is 1700. The lowest BCUT2D eigenvalue weighted by atomic mass is 9.44. The number of ketones is 1. The number of aromatic nitrogens is 4. The summed E-state index contributed by atoms with van der Waals surface area (Å²) in [5.74, 6) is 0.646. The summed E-state index contributed by atoms with van der Waals surface area (Å²) in [5.41, 5.74) is 6.06. The first-order valence-corrected chi connectivity index (χ1v) is 19.5. The molecule has 7 rings (SSSR count). The van der Waals surface area contributed by atoms with Gasteiger partial charge in [0, 0.05) is 74.4 Å². The van der Waals surface area contributed by atoms with E-state index >= 15 is 0 Å². The summed E-state index contributed by atoms with van der Waals surface area (Å²) in [6.45, 7) is 15.9. The highest BCUT2D eigenvalue weighted by Gasteiger charge is 2.68. The molecule has 0 aromatic carbocycles. The minimum atomic E-state index is -0.690. The van der Waals surface area contributed by atoms with Crippen LogP contribution in [0.3, 0.4) is 0 Å². The van der Waals surface area contributed by atoms with E-state index in [4.69, 9.17) is 10.5 Å². The number of halogens is 1. The van der Waals surface area contributed by atoms with Gasteiger partial charge in [0.05, 0.1) is 19.0 Å². The minimum Gasteiger partial charge on any atom is -0.461 e. The number of aliphatic hydroxyl groups excluding tert-OH is 1. The SMILES string of the molecule is C=C[C@]1(C)C[C@@H](OC(=O)CNC2CCN(C(=O)CCn3cnc4c(N5CCC(N)C5)ncnc43)CC2)[C@]2(C)[C@H](C)CC[C@]3(CCC(=O)[C@@H]32)[C@@H](C)[C@@H]1O.Cl. The van der Waals surface area contributed by atoms with Gasteiger partial charge in [-0.05, 0) is 62.2 Å². The van der Waals surface area contributed by atoms with Crippen LogP contribution in [0, 0.1) is 34.0 Å². The predicted octanol–water partition coefficient (Wildman–Crippen LogP) is 3.66. The molecule has 2 bridgehead atoms. The summed E-state index contributed by atoms with van der Waals surface area (Å²) in [6.07, 6.45) is 10.2. The Hall–Kier alpha value is -3.13. The number of Topliss-reactive ketones (excluding diaryl/α,β-unsaturated/α-hetero) is 1. The number of esters is 1. The number of rotatable bonds is 9. The van der Waals surface area contributed by atoms with Crippen molar-refractivity contribution in [2.45, 2.75) is 116 Å². The summed E-state index contributed by atoms with van der Waals surface area (Å²) < 4.78 is 8.32. The number of nitrogens with one attached hydrogen (secondary N) is 1. The topological polar surface area (TPSA) is 169 Å². The Labute approximate surface area is 319 Å². The van der Waals surface area contributed by atoms with Crippen LogP contribution in [-0.4, -0.2) is 104 Å². The lowest BCUT2D eigenvalue weighted by molar-refractivity contribution is -0.206. The number of imidazole rings is 1. The number of nitrogens with two attached hydrogens (primary N) is 1. The highest BCUT2D eigenvalue weighted by atomic mass is 35.5. The number of amides is 1. The number of piperidine rings is 1. The lowest BCUT2D eigenvalue weighted by Gasteiger charge is -2.61. The number of fused-ring (bicyclic) bond motifs is 1. The fourth-order valence-corrected chi connectivity index (χ4v) is 10.9. The third-order valence-corrected chi connectivity index (χ3v) is 14.4. The minimum absolute atomic E-state index is 0. The first-order valence-electron chi connectivity index (χ1n) is 19.5. The molecule has 4 N–H and O–H groups in total. The van der Waals surface area contributed by atoms with Crippen molar-refractivity contribution in [2.24, 2.45) is 39.7 Å². The van der Waals surface area contributed by atoms with Gasteiger partial charge >= 0.3 is 5.97 Å². The molecular formula is C39H59ClN8O5. The third kappa shape index (κ3) is 6.89. The molecule has 2 aromatic rings. The zero-order valence-electron chi connectivity index (χ0n) is 31.8. The van der Waals surface area contributed by atoms with E-state index in [0.29, 0.717) is 44.5 Å². The van der Waals surface area contributed by atoms with Crippen LogP contribution < -0.4 is 16.0 Å². The number of nitrogens with zero attached hydrogens (tertiary/aromatic N) is 6. The van der Waals surface area contributed by atoms with Gasteiger partial charge in [-0.15, -0.1) is 19.0 Å². The molecule has 1 amide bonds. The van der Waals surface area contributed by atoms with E-state index in [1.165, 1.54) is 0 Å². The van der Waals surface area contributed by atoms with Gasteiger partial charge in [0.15, 0.2) is 17.0 Å². The van der Waals surface area contributed by atoms with E-state index < -0.39 is 23.0 Å². The molecule has 4 heterocycles. The molecule has 2 aromatic heterocycles. The second kappa shape index (κ2) is 15.2. The quantitative estimate of drug-likeness (QED) is 0.252. The van der Waals surface area contributed by atoms with Crippen molar-refractivity contribution in [3.63, 3.8) is 0 Å². The van der Waals surface area contributed by atoms with E-state index in [-0.39, 0.29) is 71.9 Å². The van der Waals surface area contributed by atoms with Crippen LogP contribution in [0.4, 0.5) is 5.82 Å². The fourth-order valence-electron chi connectivity index (χ4n) is 10.9. The number of ether oxygens (including phenoxy) is 1. The van der Waals surface area contributed by atoms with Crippen molar-refractivity contribution in [1.29, 1.82) is 0 Å². The molecule has 53 heavy (non-hydrogen) atoms. The van der Waals surface area contributed by atoms with Crippen molar-refractivity contribution in [3.05, 3.63) is 25.3 Å². The Morgan fingerprint density at radius 2 is 1.87 bits per heavy atom. The number of aliphatic hydroxyl groups is 1. The first kappa shape index (κ1) is 39.6. The standard InChI is InChI=1S/C39H58N8O5.ClH/c1-6-37(4)19-29(38(5)24(2)7-13-39(25(3)34(37)51)14-8-28(48)33(38)39)52-31(50)20-41-27-10-16-45(17-11-27)30(49)12-18-47-23-44-32-35(42-22-43-36(32)47)46-15-9-26(40)21-46;/h6,22-27,29,33-34,41,51H,1,7-21,40H2,2-5H3;1H/t24-,25+,26?,29-,33-,34+,37-,38+,39+;/m1./s1. The number of carbonyl (C=O) groups is 3. The maximum Gasteiger partial charge on any atom is 0.320 e. The van der Waals surface area contributed by atoms with Crippen LogP contribution in [0.5, 0.6) is 0 Å². The van der Waals surface area contributed by atoms with Crippen molar-refractivity contribution in [2.75, 3.05) is 37.6 Å². The number of carbonyl (C=O) groups excluding carboxylic acids is 3. The Kier molecular flexibility index (Phi) is 11.3. The van der Waals surface area contributed by atoms with Gasteiger partial charge in [-0.25, -0.2) is 15.0 Å². The molecule has 2 aliphatic heterocycles. The highest BCUT2D eigenvalue weighted by Crippen LogP contribution is 2.68. The van der Waals surface area contributed by atoms with Crippen LogP contribution in [0.25, 0.3) is 11.2 Å². The van der Waals surface area contributed by atoms with Crippen molar-refractivity contribution in [3.8, 4) is 0 Å². The second-order valence-electron chi connectivity index (χ2n) is 17.2. The molecule has 3 aliphatic carbocycles. The molecule has 14 heteroatoms. The van der Waals surface area contributed by atoms with E-state index in [2.05, 4.69) is 52.5 Å². The summed E-state index contributed by atoms with van der Waals surface area (Å²) in [4.78, 5) is 58.1. The third-order valence-electron chi connectivity index (χ3n) is 14.4. The molecule has 1 unspecified atom stereocenters. The molecule has 292 valence electrons. The first-order chi connectivity index (χ1) is 24.8. The molecule has 13 nitrogen and oxygen atoms in total. The van der Waals surface area contributed by atoms with E-state index in [1.54, 1.807) is 12.7 Å². The maximum absolute atomic E-state index is 13.7. The predicted molar refractivity (Wildman–Crippen MR) is 204 cm³/mol. The molecule has 5 fully saturated rings. The molecular weight excluding hydrogens is 696 g/mol. The Morgan fingerprint density at radius 3 is 2.57 bits per heavy atom. The summed E-state index contributed by atoms with van der Waals surface area (Å²) in [5, 5.41) is 15.2. The Morgan fingerprint density at radius 1 is 1.11 bits per heavy atom. The average Bonchev–Trinajstić information content (AvgIpc) is 3.87. The van der Waals surface area contributed by atoms with Gasteiger partial charge in [0.2, 0.25) is 5.91 Å². The number of anilines is 1. The summed E-state index contributed by atoms with van der Waals surface area (Å²) in [7, 11) is 0. The molecule has 3 saturated carbocycles. The van der Waals surface area contributed by atoms with Crippen LogP contribution in [0.2, 0.25) is 0 Å². The number of aryl methyl sites for hydroxylation is 1. The molecule has 0 spiro atoms. The highest BCUT2D eigenvalue weighted by molar-refractivity contribution is 5.86. The normalized spacial score (nSPS) is 36.1. The van der Waals surface area contributed by atoms with Crippen molar-refractivity contribution < 1.29 is 24.2 Å². The van der Waals surface area contributed by atoms with Crippen LogP contribution in [0.1, 0.15) is 85.5 Å². The van der Waals surface area contributed by atoms with Crippen LogP contribution >= 0.6 is 12.4 Å². The van der Waals surface area contributed by atoms with Gasteiger partial charge in [-0.2, -0.15) is 0 Å². The molecule has 2 saturated heterocycles. The summed E-state index contributed by atoms with van der Waals surface area (Å²) in [6, 6.07) is 0.206. The van der Waals surface area contributed by atoms with Gasteiger partial charge in [-0.3, -0.25) is 14.4 Å². The monoisotopic (exact) mass is 754 g/mol. The van der Waals surface area contributed by atoms with E-state index in [0.717, 1.165) is 62.9 Å². The van der Waals surface area contributed by atoms with Gasteiger partial charge in [0.25, 0.3) is 0 Å².